The third-order valence-electron chi connectivity index (χ3n) is 7.61. The second kappa shape index (κ2) is 10.6. The second-order valence-electron chi connectivity index (χ2n) is 9.87. The lowest BCUT2D eigenvalue weighted by Crippen LogP contribution is -2.49. The molecular weight excluding hydrogens is 482 g/mol. The number of anilines is 2. The van der Waals surface area contributed by atoms with Crippen LogP contribution in [0.3, 0.4) is 0 Å². The molecule has 0 bridgehead atoms. The zero-order valence-electron chi connectivity index (χ0n) is 21.6. The molecule has 3 aliphatic rings. The van der Waals surface area contributed by atoms with Gasteiger partial charge in [-0.2, -0.15) is 5.10 Å². The zero-order chi connectivity index (χ0) is 26.1. The van der Waals surface area contributed by atoms with Gasteiger partial charge in [0.1, 0.15) is 5.69 Å². The Kier molecular flexibility index (Phi) is 6.84. The van der Waals surface area contributed by atoms with E-state index in [0.29, 0.717) is 54.5 Å². The highest BCUT2D eigenvalue weighted by atomic mass is 16.5. The summed E-state index contributed by atoms with van der Waals surface area (Å²) in [5, 5.41) is 12.3. The number of fused-ring (bicyclic) bond motifs is 3. The molecular formula is C28H33N7O3. The number of nitrogens with zero attached hydrogens (tertiary/aromatic N) is 4. The Morgan fingerprint density at radius 3 is 2.61 bits per heavy atom. The fourth-order valence-electron chi connectivity index (χ4n) is 5.55. The van der Waals surface area contributed by atoms with Crippen LogP contribution in [0.1, 0.15) is 29.3 Å². The summed E-state index contributed by atoms with van der Waals surface area (Å²) in [4.78, 5) is 31.3. The van der Waals surface area contributed by atoms with Gasteiger partial charge in [0.05, 0.1) is 35.7 Å². The maximum Gasteiger partial charge on any atom is 0.333 e. The van der Waals surface area contributed by atoms with E-state index in [4.69, 9.17) is 4.74 Å². The first kappa shape index (κ1) is 24.6. The standard InChI is InChI=1S/C28H33N7O3/c1-2-33-11-4-12-34(14-13-33)20-9-7-19(8-10-20)25-24-26(31-30-25)21-5-3-6-22(23(21)27(24)36)29-28(37)32-35-15-17-38-18-16-35/h3,5-10H,2,4,11-18H2,1H3,(H,30,31)(H2,29,32,37). The minimum absolute atomic E-state index is 0.141. The zero-order valence-corrected chi connectivity index (χ0v) is 21.6. The summed E-state index contributed by atoms with van der Waals surface area (Å²) >= 11 is 0. The molecule has 2 amide bonds. The van der Waals surface area contributed by atoms with Crippen LogP contribution >= 0.6 is 0 Å². The minimum Gasteiger partial charge on any atom is -0.379 e. The Morgan fingerprint density at radius 1 is 1.00 bits per heavy atom. The van der Waals surface area contributed by atoms with E-state index in [-0.39, 0.29) is 11.8 Å². The predicted octanol–water partition coefficient (Wildman–Crippen LogP) is 3.19. The largest absolute Gasteiger partial charge is 0.379 e. The summed E-state index contributed by atoms with van der Waals surface area (Å²) in [5.74, 6) is -0.141. The first-order valence-corrected chi connectivity index (χ1v) is 13.4. The van der Waals surface area contributed by atoms with Crippen molar-refractivity contribution < 1.29 is 14.3 Å². The van der Waals surface area contributed by atoms with Crippen LogP contribution in [-0.2, 0) is 4.74 Å². The van der Waals surface area contributed by atoms with Crippen molar-refractivity contribution in [1.82, 2.24) is 25.5 Å². The van der Waals surface area contributed by atoms with Gasteiger partial charge in [0.25, 0.3) is 0 Å². The second-order valence-corrected chi connectivity index (χ2v) is 9.87. The number of aromatic nitrogens is 2. The highest BCUT2D eigenvalue weighted by Crippen LogP contribution is 2.43. The molecule has 2 fully saturated rings. The third-order valence-corrected chi connectivity index (χ3v) is 7.61. The first-order chi connectivity index (χ1) is 18.6. The fraction of sp³-hybridized carbons (Fsp3) is 0.393. The normalized spacial score (nSPS) is 18.1. The van der Waals surface area contributed by atoms with Crippen molar-refractivity contribution in [3.8, 4) is 22.5 Å². The molecule has 0 radical (unpaired) electrons. The van der Waals surface area contributed by atoms with E-state index >= 15 is 0 Å². The molecule has 10 nitrogen and oxygen atoms in total. The lowest BCUT2D eigenvalue weighted by molar-refractivity contribution is 0.0207. The number of carbonyl (C=O) groups is 2. The van der Waals surface area contributed by atoms with E-state index < -0.39 is 0 Å². The minimum atomic E-state index is -0.381. The number of aromatic amines is 1. The van der Waals surface area contributed by atoms with Gasteiger partial charge in [0, 0.05) is 49.5 Å². The Morgan fingerprint density at radius 2 is 1.82 bits per heavy atom. The third kappa shape index (κ3) is 4.66. The van der Waals surface area contributed by atoms with Crippen molar-refractivity contribution in [3.05, 3.63) is 53.6 Å². The molecule has 38 heavy (non-hydrogen) atoms. The Labute approximate surface area is 221 Å². The van der Waals surface area contributed by atoms with E-state index in [1.165, 1.54) is 5.69 Å². The van der Waals surface area contributed by atoms with Crippen molar-refractivity contribution in [1.29, 1.82) is 0 Å². The molecule has 1 aromatic heterocycles. The number of carbonyl (C=O) groups excluding carboxylic acids is 2. The molecule has 0 spiro atoms. The topological polar surface area (TPSA) is 106 Å². The number of amides is 2. The van der Waals surface area contributed by atoms with E-state index in [2.05, 4.69) is 49.8 Å². The molecule has 0 unspecified atom stereocenters. The molecule has 198 valence electrons. The van der Waals surface area contributed by atoms with Crippen LogP contribution < -0.4 is 15.6 Å². The molecule has 3 aromatic rings. The summed E-state index contributed by atoms with van der Waals surface area (Å²) < 4.78 is 5.33. The van der Waals surface area contributed by atoms with Crippen molar-refractivity contribution in [2.45, 2.75) is 13.3 Å². The number of hydrogen-bond donors (Lipinski definition) is 3. The summed E-state index contributed by atoms with van der Waals surface area (Å²) in [5.41, 5.74) is 8.47. The molecule has 3 N–H and O–H groups in total. The number of hydrazine groups is 1. The monoisotopic (exact) mass is 515 g/mol. The van der Waals surface area contributed by atoms with Gasteiger partial charge in [-0.3, -0.25) is 15.3 Å². The molecule has 1 aliphatic carbocycles. The van der Waals surface area contributed by atoms with Crippen molar-refractivity contribution >= 4 is 23.2 Å². The summed E-state index contributed by atoms with van der Waals surface area (Å²) in [6, 6.07) is 13.4. The van der Waals surface area contributed by atoms with Crippen LogP contribution in [0.25, 0.3) is 22.5 Å². The van der Waals surface area contributed by atoms with Crippen molar-refractivity contribution in [2.75, 3.05) is 69.2 Å². The maximum atomic E-state index is 13.7. The number of H-pyrrole nitrogens is 1. The van der Waals surface area contributed by atoms with Crippen LogP contribution in [0.2, 0.25) is 0 Å². The van der Waals surface area contributed by atoms with Crippen LogP contribution in [-0.4, -0.2) is 90.9 Å². The number of likely N-dealkylation sites (N-methyl/N-ethyl adjacent to an activating group) is 1. The van der Waals surface area contributed by atoms with Crippen LogP contribution in [0, 0.1) is 0 Å². The lowest BCUT2D eigenvalue weighted by atomic mass is 10.0. The van der Waals surface area contributed by atoms with Crippen LogP contribution in [0.15, 0.2) is 42.5 Å². The number of rotatable bonds is 5. The molecule has 6 rings (SSSR count). The van der Waals surface area contributed by atoms with Gasteiger partial charge in [-0.25, -0.2) is 9.80 Å². The van der Waals surface area contributed by atoms with E-state index in [0.717, 1.165) is 50.3 Å². The number of benzene rings is 2. The van der Waals surface area contributed by atoms with Crippen LogP contribution in [0.5, 0.6) is 0 Å². The van der Waals surface area contributed by atoms with Gasteiger partial charge in [0.2, 0.25) is 0 Å². The smallest absolute Gasteiger partial charge is 0.333 e. The molecule has 0 atom stereocenters. The highest BCUT2D eigenvalue weighted by Gasteiger charge is 2.35. The Balaban J connectivity index is 1.21. The Hall–Kier alpha value is -3.73. The first-order valence-electron chi connectivity index (χ1n) is 13.4. The molecule has 0 saturated carbocycles. The van der Waals surface area contributed by atoms with Gasteiger partial charge < -0.3 is 19.9 Å². The van der Waals surface area contributed by atoms with Gasteiger partial charge in [-0.05, 0) is 37.7 Å². The van der Waals surface area contributed by atoms with Crippen LogP contribution in [0.4, 0.5) is 16.2 Å². The predicted molar refractivity (Wildman–Crippen MR) is 146 cm³/mol. The lowest BCUT2D eigenvalue weighted by Gasteiger charge is -2.27. The average Bonchev–Trinajstić information content (AvgIpc) is 3.39. The van der Waals surface area contributed by atoms with Gasteiger partial charge in [-0.1, -0.05) is 31.2 Å². The molecule has 2 aliphatic heterocycles. The van der Waals surface area contributed by atoms with E-state index in [1.807, 2.05) is 29.3 Å². The highest BCUT2D eigenvalue weighted by molar-refractivity contribution is 6.26. The molecule has 2 saturated heterocycles. The molecule has 3 heterocycles. The molecule has 10 heteroatoms. The number of ether oxygens (including phenoxy) is 1. The van der Waals surface area contributed by atoms with Crippen molar-refractivity contribution in [2.24, 2.45) is 0 Å². The van der Waals surface area contributed by atoms with Gasteiger partial charge in [0.15, 0.2) is 5.78 Å². The quantitative estimate of drug-likeness (QED) is 0.375. The Bertz CT molecular complexity index is 1330. The summed E-state index contributed by atoms with van der Waals surface area (Å²) in [6.45, 7) is 9.93. The van der Waals surface area contributed by atoms with E-state index in [1.54, 1.807) is 6.07 Å². The number of nitrogens with one attached hydrogen (secondary N) is 3. The SMILES string of the molecule is CCN1CCCN(c2ccc(-c3n[nH]c4c3C(=O)c3c(NC(=O)NN5CCOCC5)cccc3-4)cc2)CC1. The van der Waals surface area contributed by atoms with Crippen molar-refractivity contribution in [3.63, 3.8) is 0 Å². The summed E-state index contributed by atoms with van der Waals surface area (Å²) in [6.07, 6.45) is 1.15. The van der Waals surface area contributed by atoms with Gasteiger partial charge >= 0.3 is 6.03 Å². The number of urea groups is 1. The van der Waals surface area contributed by atoms with E-state index in [9.17, 15) is 9.59 Å². The number of morpholine rings is 1. The number of hydrogen-bond acceptors (Lipinski definition) is 7. The maximum absolute atomic E-state index is 13.7. The fourth-order valence-corrected chi connectivity index (χ4v) is 5.55. The summed E-state index contributed by atoms with van der Waals surface area (Å²) in [7, 11) is 0. The number of ketones is 1. The molecule has 2 aromatic carbocycles. The van der Waals surface area contributed by atoms with Gasteiger partial charge in [-0.15, -0.1) is 0 Å². The average molecular weight is 516 g/mol.